The van der Waals surface area contributed by atoms with Crippen LogP contribution < -0.4 is 11.1 Å². The second kappa shape index (κ2) is 6.32. The van der Waals surface area contributed by atoms with Crippen LogP contribution in [0.5, 0.6) is 0 Å². The highest BCUT2D eigenvalue weighted by Crippen LogP contribution is 2.12. The lowest BCUT2D eigenvalue weighted by Gasteiger charge is -2.03. The predicted octanol–water partition coefficient (Wildman–Crippen LogP) is 1.91. The van der Waals surface area contributed by atoms with Crippen LogP contribution in [-0.2, 0) is 6.54 Å². The molecular weight excluding hydrogens is 191 g/mol. The molecule has 0 atom stereocenters. The van der Waals surface area contributed by atoms with E-state index in [-0.39, 0.29) is 5.82 Å². The molecule has 15 heavy (non-hydrogen) atoms. The maximum Gasteiger partial charge on any atom is 0.123 e. The van der Waals surface area contributed by atoms with Crippen molar-refractivity contribution in [3.05, 3.63) is 41.2 Å². The molecule has 82 valence electrons. The highest BCUT2D eigenvalue weighted by atomic mass is 19.1. The molecule has 0 amide bonds. The van der Waals surface area contributed by atoms with Crippen molar-refractivity contribution in [1.82, 2.24) is 5.32 Å². The molecule has 0 radical (unpaired) electrons. The topological polar surface area (TPSA) is 38.0 Å². The minimum Gasteiger partial charge on any atom is -0.326 e. The summed E-state index contributed by atoms with van der Waals surface area (Å²) in [5.41, 5.74) is 7.38. The molecule has 0 heterocycles. The van der Waals surface area contributed by atoms with Crippen LogP contribution in [0.4, 0.5) is 4.39 Å². The first-order valence-corrected chi connectivity index (χ1v) is 5.07. The van der Waals surface area contributed by atoms with Gasteiger partial charge in [0.15, 0.2) is 0 Å². The van der Waals surface area contributed by atoms with Crippen LogP contribution in [0, 0.1) is 5.82 Å². The van der Waals surface area contributed by atoms with E-state index in [9.17, 15) is 4.39 Å². The van der Waals surface area contributed by atoms with Gasteiger partial charge in [0.05, 0.1) is 0 Å². The third-order valence-electron chi connectivity index (χ3n) is 2.18. The Balaban J connectivity index is 2.71. The Labute approximate surface area is 90.0 Å². The summed E-state index contributed by atoms with van der Waals surface area (Å²) >= 11 is 0. The van der Waals surface area contributed by atoms with Crippen molar-refractivity contribution in [1.29, 1.82) is 0 Å². The van der Waals surface area contributed by atoms with Gasteiger partial charge in [0.2, 0.25) is 0 Å². The second-order valence-corrected chi connectivity index (χ2v) is 3.34. The fourth-order valence-electron chi connectivity index (χ4n) is 1.35. The summed E-state index contributed by atoms with van der Waals surface area (Å²) in [4.78, 5) is 0. The molecule has 0 aliphatic heterocycles. The van der Waals surface area contributed by atoms with Gasteiger partial charge in [-0.15, -0.1) is 0 Å². The van der Waals surface area contributed by atoms with Gasteiger partial charge in [0, 0.05) is 6.54 Å². The number of halogens is 1. The van der Waals surface area contributed by atoms with Crippen molar-refractivity contribution in [2.45, 2.75) is 13.0 Å². The highest BCUT2D eigenvalue weighted by molar-refractivity contribution is 5.53. The number of hydrogen-bond acceptors (Lipinski definition) is 2. The Bertz CT molecular complexity index is 334. The van der Waals surface area contributed by atoms with Crippen LogP contribution in [-0.4, -0.2) is 13.6 Å². The van der Waals surface area contributed by atoms with Crippen molar-refractivity contribution < 1.29 is 4.39 Å². The number of benzene rings is 1. The lowest BCUT2D eigenvalue weighted by molar-refractivity contribution is 0.625. The van der Waals surface area contributed by atoms with Crippen molar-refractivity contribution in [2.24, 2.45) is 5.73 Å². The van der Waals surface area contributed by atoms with Gasteiger partial charge in [0.1, 0.15) is 5.82 Å². The number of nitrogens with two attached hydrogens (primary N) is 1. The summed E-state index contributed by atoms with van der Waals surface area (Å²) in [6.07, 6.45) is 5.00. The fraction of sp³-hybridized carbons (Fsp3) is 0.333. The number of rotatable bonds is 5. The number of nitrogens with one attached hydrogen (secondary N) is 1. The SMILES string of the molecule is CNCCC=Cc1ccc(F)cc1CN. The van der Waals surface area contributed by atoms with E-state index in [0.29, 0.717) is 6.54 Å². The van der Waals surface area contributed by atoms with Crippen LogP contribution in [0.25, 0.3) is 6.08 Å². The third kappa shape index (κ3) is 3.81. The lowest BCUT2D eigenvalue weighted by atomic mass is 10.1. The maximum absolute atomic E-state index is 12.9. The molecule has 2 nitrogen and oxygen atoms in total. The molecule has 0 saturated carbocycles. The lowest BCUT2D eigenvalue weighted by Crippen LogP contribution is -2.05. The van der Waals surface area contributed by atoms with Gasteiger partial charge in [0.25, 0.3) is 0 Å². The van der Waals surface area contributed by atoms with E-state index in [1.165, 1.54) is 12.1 Å². The molecule has 0 fully saturated rings. The molecule has 0 aliphatic carbocycles. The van der Waals surface area contributed by atoms with Gasteiger partial charge >= 0.3 is 0 Å². The smallest absolute Gasteiger partial charge is 0.123 e. The molecule has 0 spiro atoms. The van der Waals surface area contributed by atoms with Crippen LogP contribution in [0.3, 0.4) is 0 Å². The summed E-state index contributed by atoms with van der Waals surface area (Å²) in [5, 5.41) is 3.06. The van der Waals surface area contributed by atoms with Crippen molar-refractivity contribution in [3.63, 3.8) is 0 Å². The maximum atomic E-state index is 12.9. The fourth-order valence-corrected chi connectivity index (χ4v) is 1.35. The monoisotopic (exact) mass is 208 g/mol. The summed E-state index contributed by atoms with van der Waals surface area (Å²) in [5.74, 6) is -0.233. The van der Waals surface area contributed by atoms with Gasteiger partial charge in [-0.25, -0.2) is 4.39 Å². The van der Waals surface area contributed by atoms with Crippen molar-refractivity contribution >= 4 is 6.08 Å². The third-order valence-corrected chi connectivity index (χ3v) is 2.18. The summed E-state index contributed by atoms with van der Waals surface area (Å²) in [6, 6.07) is 4.70. The first kappa shape index (κ1) is 11.9. The molecule has 0 aromatic heterocycles. The minimum absolute atomic E-state index is 0.233. The van der Waals surface area contributed by atoms with E-state index in [1.807, 2.05) is 13.1 Å². The Hall–Kier alpha value is -1.19. The zero-order chi connectivity index (χ0) is 11.1. The number of hydrogen-bond donors (Lipinski definition) is 2. The largest absolute Gasteiger partial charge is 0.326 e. The standard InChI is InChI=1S/C12H17FN2/c1-15-7-3-2-4-10-5-6-12(13)8-11(10)9-14/h2,4-6,8,15H,3,7,9,14H2,1H3. The molecule has 1 aromatic carbocycles. The van der Waals surface area contributed by atoms with E-state index in [2.05, 4.69) is 11.4 Å². The first-order chi connectivity index (χ1) is 7.27. The molecule has 0 unspecified atom stereocenters. The molecular formula is C12H17FN2. The molecule has 1 aromatic rings. The van der Waals surface area contributed by atoms with E-state index >= 15 is 0 Å². The van der Waals surface area contributed by atoms with Crippen LogP contribution in [0.15, 0.2) is 24.3 Å². The Morgan fingerprint density at radius 2 is 2.27 bits per heavy atom. The average Bonchev–Trinajstić information content (AvgIpc) is 2.26. The minimum atomic E-state index is -0.233. The Morgan fingerprint density at radius 1 is 1.47 bits per heavy atom. The predicted molar refractivity (Wildman–Crippen MR) is 61.9 cm³/mol. The summed E-state index contributed by atoms with van der Waals surface area (Å²) < 4.78 is 12.9. The summed E-state index contributed by atoms with van der Waals surface area (Å²) in [7, 11) is 1.91. The van der Waals surface area contributed by atoms with Gasteiger partial charge in [-0.05, 0) is 43.3 Å². The second-order valence-electron chi connectivity index (χ2n) is 3.34. The van der Waals surface area contributed by atoms with E-state index in [1.54, 1.807) is 6.07 Å². The first-order valence-electron chi connectivity index (χ1n) is 5.07. The molecule has 0 saturated heterocycles. The van der Waals surface area contributed by atoms with Crippen molar-refractivity contribution in [3.8, 4) is 0 Å². The van der Waals surface area contributed by atoms with Gasteiger partial charge in [-0.3, -0.25) is 0 Å². The van der Waals surface area contributed by atoms with Crippen LogP contribution in [0.2, 0.25) is 0 Å². The van der Waals surface area contributed by atoms with Gasteiger partial charge in [-0.2, -0.15) is 0 Å². The van der Waals surface area contributed by atoms with Crippen LogP contribution >= 0.6 is 0 Å². The summed E-state index contributed by atoms with van der Waals surface area (Å²) in [6.45, 7) is 1.30. The molecule has 1 rings (SSSR count). The molecule has 0 aliphatic rings. The normalized spacial score (nSPS) is 11.1. The average molecular weight is 208 g/mol. The van der Waals surface area contributed by atoms with E-state index in [0.717, 1.165) is 24.1 Å². The molecule has 3 heteroatoms. The zero-order valence-electron chi connectivity index (χ0n) is 8.96. The highest BCUT2D eigenvalue weighted by Gasteiger charge is 1.98. The Kier molecular flexibility index (Phi) is 5.01. The van der Waals surface area contributed by atoms with E-state index in [4.69, 9.17) is 5.73 Å². The molecule has 3 N–H and O–H groups in total. The van der Waals surface area contributed by atoms with Crippen molar-refractivity contribution in [2.75, 3.05) is 13.6 Å². The molecule has 0 bridgehead atoms. The van der Waals surface area contributed by atoms with Gasteiger partial charge in [-0.1, -0.05) is 18.2 Å². The van der Waals surface area contributed by atoms with Crippen LogP contribution in [0.1, 0.15) is 17.5 Å². The zero-order valence-corrected chi connectivity index (χ0v) is 8.96. The van der Waals surface area contributed by atoms with Gasteiger partial charge < -0.3 is 11.1 Å². The Morgan fingerprint density at radius 3 is 2.93 bits per heavy atom. The quantitative estimate of drug-likeness (QED) is 0.725. The van der Waals surface area contributed by atoms with E-state index < -0.39 is 0 Å².